The molecule has 1 aromatic rings. The van der Waals surface area contributed by atoms with Crippen molar-refractivity contribution in [2.45, 2.75) is 6.92 Å². The highest BCUT2D eigenvalue weighted by molar-refractivity contribution is 5.55. The summed E-state index contributed by atoms with van der Waals surface area (Å²) in [6.45, 7) is 1.47. The number of nitrogens with two attached hydrogens (primary N) is 1. The standard InChI is InChI=1S/C7H8FNO/c1-4-5(8)2-3-6(9)7(4)10/h2-3,10H,9H2,1H3. The number of hydrogen-bond acceptors (Lipinski definition) is 2. The fourth-order valence-corrected chi connectivity index (χ4v) is 0.696. The van der Waals surface area contributed by atoms with Gasteiger partial charge in [-0.3, -0.25) is 0 Å². The van der Waals surface area contributed by atoms with Crippen LogP contribution in [0.25, 0.3) is 0 Å². The van der Waals surface area contributed by atoms with Gasteiger partial charge >= 0.3 is 0 Å². The molecule has 0 atom stereocenters. The Morgan fingerprint density at radius 2 is 2.10 bits per heavy atom. The first-order valence-electron chi connectivity index (χ1n) is 2.86. The van der Waals surface area contributed by atoms with E-state index in [-0.39, 0.29) is 17.0 Å². The van der Waals surface area contributed by atoms with E-state index >= 15 is 0 Å². The molecule has 10 heavy (non-hydrogen) atoms. The summed E-state index contributed by atoms with van der Waals surface area (Å²) in [6.07, 6.45) is 0. The summed E-state index contributed by atoms with van der Waals surface area (Å²) in [5.41, 5.74) is 5.67. The van der Waals surface area contributed by atoms with E-state index in [0.29, 0.717) is 0 Å². The van der Waals surface area contributed by atoms with E-state index in [0.717, 1.165) is 0 Å². The molecule has 3 heteroatoms. The number of rotatable bonds is 0. The van der Waals surface area contributed by atoms with E-state index in [1.165, 1.54) is 19.1 Å². The summed E-state index contributed by atoms with van der Waals surface area (Å²) in [5.74, 6) is -0.605. The van der Waals surface area contributed by atoms with E-state index in [2.05, 4.69) is 0 Å². The van der Waals surface area contributed by atoms with Gasteiger partial charge in [0, 0.05) is 5.56 Å². The van der Waals surface area contributed by atoms with Crippen LogP contribution >= 0.6 is 0 Å². The van der Waals surface area contributed by atoms with Crippen LogP contribution in [0.4, 0.5) is 10.1 Å². The van der Waals surface area contributed by atoms with Gasteiger partial charge in [0.05, 0.1) is 5.69 Å². The van der Waals surface area contributed by atoms with E-state index in [4.69, 9.17) is 10.8 Å². The monoisotopic (exact) mass is 141 g/mol. The van der Waals surface area contributed by atoms with Gasteiger partial charge in [0.1, 0.15) is 11.6 Å². The molecule has 0 aliphatic carbocycles. The van der Waals surface area contributed by atoms with Crippen LogP contribution in [0.3, 0.4) is 0 Å². The number of nitrogen functional groups attached to an aromatic ring is 1. The largest absolute Gasteiger partial charge is 0.505 e. The zero-order valence-corrected chi connectivity index (χ0v) is 5.56. The lowest BCUT2D eigenvalue weighted by Gasteiger charge is -2.01. The molecule has 54 valence electrons. The summed E-state index contributed by atoms with van der Waals surface area (Å²) in [4.78, 5) is 0. The summed E-state index contributed by atoms with van der Waals surface area (Å²) >= 11 is 0. The SMILES string of the molecule is Cc1c(F)ccc(N)c1O. The Balaban J connectivity index is 3.34. The molecule has 0 saturated heterocycles. The van der Waals surface area contributed by atoms with Crippen molar-refractivity contribution in [1.29, 1.82) is 0 Å². The maximum atomic E-state index is 12.5. The van der Waals surface area contributed by atoms with Crippen LogP contribution in [-0.2, 0) is 0 Å². The number of halogens is 1. The summed E-state index contributed by atoms with van der Waals surface area (Å²) < 4.78 is 12.5. The van der Waals surface area contributed by atoms with E-state index < -0.39 is 5.82 Å². The number of aromatic hydroxyl groups is 1. The topological polar surface area (TPSA) is 46.2 Å². The molecule has 0 saturated carbocycles. The molecule has 0 aromatic heterocycles. The van der Waals surface area contributed by atoms with Crippen molar-refractivity contribution in [2.75, 3.05) is 5.73 Å². The molecule has 0 heterocycles. The van der Waals surface area contributed by atoms with Crippen molar-refractivity contribution in [3.05, 3.63) is 23.5 Å². The van der Waals surface area contributed by atoms with Gasteiger partial charge in [-0.25, -0.2) is 4.39 Å². The molecule has 0 fully saturated rings. The molecule has 0 radical (unpaired) electrons. The van der Waals surface area contributed by atoms with Gasteiger partial charge in [0.15, 0.2) is 0 Å². The van der Waals surface area contributed by atoms with Gasteiger partial charge in [-0.1, -0.05) is 0 Å². The number of anilines is 1. The van der Waals surface area contributed by atoms with Gasteiger partial charge in [-0.05, 0) is 19.1 Å². The Hall–Kier alpha value is -1.25. The second-order valence-corrected chi connectivity index (χ2v) is 2.11. The highest BCUT2D eigenvalue weighted by Crippen LogP contribution is 2.25. The van der Waals surface area contributed by atoms with E-state index in [1.807, 2.05) is 0 Å². The van der Waals surface area contributed by atoms with Crippen molar-refractivity contribution in [3.8, 4) is 5.75 Å². The third-order valence-corrected chi connectivity index (χ3v) is 1.40. The average molecular weight is 141 g/mol. The molecule has 2 nitrogen and oxygen atoms in total. The first kappa shape index (κ1) is 6.86. The fourth-order valence-electron chi connectivity index (χ4n) is 0.696. The normalized spacial score (nSPS) is 9.80. The Morgan fingerprint density at radius 1 is 1.50 bits per heavy atom. The molecule has 0 aliphatic rings. The highest BCUT2D eigenvalue weighted by atomic mass is 19.1. The van der Waals surface area contributed by atoms with Crippen molar-refractivity contribution in [2.24, 2.45) is 0 Å². The lowest BCUT2D eigenvalue weighted by Crippen LogP contribution is -1.89. The van der Waals surface area contributed by atoms with E-state index in [9.17, 15) is 4.39 Å². The quantitative estimate of drug-likeness (QED) is 0.424. The highest BCUT2D eigenvalue weighted by Gasteiger charge is 2.04. The Kier molecular flexibility index (Phi) is 1.49. The molecule has 0 amide bonds. The van der Waals surface area contributed by atoms with Crippen LogP contribution in [0.1, 0.15) is 5.56 Å². The number of benzene rings is 1. The third kappa shape index (κ3) is 0.900. The van der Waals surface area contributed by atoms with Crippen LogP contribution in [0.2, 0.25) is 0 Å². The lowest BCUT2D eigenvalue weighted by molar-refractivity contribution is 0.466. The maximum absolute atomic E-state index is 12.5. The Morgan fingerprint density at radius 3 is 2.60 bits per heavy atom. The molecule has 0 unspecified atom stereocenters. The number of hydrogen-bond donors (Lipinski definition) is 2. The minimum atomic E-state index is -0.438. The summed E-state index contributed by atoms with van der Waals surface area (Å²) in [5, 5.41) is 9.02. The number of phenolic OH excluding ortho intramolecular Hbond substituents is 1. The van der Waals surface area contributed by atoms with Crippen LogP contribution in [0, 0.1) is 12.7 Å². The molecule has 3 N–H and O–H groups in total. The fraction of sp³-hybridized carbons (Fsp3) is 0.143. The van der Waals surface area contributed by atoms with Crippen LogP contribution < -0.4 is 5.73 Å². The summed E-state index contributed by atoms with van der Waals surface area (Å²) in [6, 6.07) is 2.56. The first-order chi connectivity index (χ1) is 4.63. The van der Waals surface area contributed by atoms with Crippen molar-refractivity contribution in [3.63, 3.8) is 0 Å². The Labute approximate surface area is 58.1 Å². The lowest BCUT2D eigenvalue weighted by atomic mass is 10.2. The third-order valence-electron chi connectivity index (χ3n) is 1.40. The average Bonchev–Trinajstić information content (AvgIpc) is 1.93. The second-order valence-electron chi connectivity index (χ2n) is 2.11. The van der Waals surface area contributed by atoms with Crippen molar-refractivity contribution < 1.29 is 9.50 Å². The van der Waals surface area contributed by atoms with Gasteiger partial charge < -0.3 is 10.8 Å². The predicted molar refractivity (Wildman–Crippen MR) is 37.2 cm³/mol. The smallest absolute Gasteiger partial charge is 0.144 e. The molecule has 0 bridgehead atoms. The molecule has 0 spiro atoms. The minimum Gasteiger partial charge on any atom is -0.505 e. The van der Waals surface area contributed by atoms with Crippen LogP contribution in [-0.4, -0.2) is 5.11 Å². The molecular weight excluding hydrogens is 133 g/mol. The maximum Gasteiger partial charge on any atom is 0.144 e. The molecule has 1 rings (SSSR count). The number of phenols is 1. The van der Waals surface area contributed by atoms with Gasteiger partial charge in [0.2, 0.25) is 0 Å². The zero-order chi connectivity index (χ0) is 7.72. The Bertz CT molecular complexity index is 233. The van der Waals surface area contributed by atoms with E-state index in [1.54, 1.807) is 0 Å². The predicted octanol–water partition coefficient (Wildman–Crippen LogP) is 1.42. The van der Waals surface area contributed by atoms with Crippen LogP contribution in [0.15, 0.2) is 12.1 Å². The first-order valence-corrected chi connectivity index (χ1v) is 2.86. The van der Waals surface area contributed by atoms with Gasteiger partial charge in [-0.15, -0.1) is 0 Å². The van der Waals surface area contributed by atoms with Gasteiger partial charge in [-0.2, -0.15) is 0 Å². The zero-order valence-electron chi connectivity index (χ0n) is 5.56. The van der Waals surface area contributed by atoms with Crippen molar-refractivity contribution >= 4 is 5.69 Å². The van der Waals surface area contributed by atoms with Crippen molar-refractivity contribution in [1.82, 2.24) is 0 Å². The molecule has 0 aliphatic heterocycles. The minimum absolute atomic E-state index is 0.167. The second kappa shape index (κ2) is 2.17. The summed E-state index contributed by atoms with van der Waals surface area (Å²) in [7, 11) is 0. The van der Waals surface area contributed by atoms with Crippen LogP contribution in [0.5, 0.6) is 5.75 Å². The molecule has 1 aromatic carbocycles. The van der Waals surface area contributed by atoms with Gasteiger partial charge in [0.25, 0.3) is 0 Å². The molecular formula is C7H8FNO.